The second-order valence-corrected chi connectivity index (χ2v) is 13.9. The number of methoxy groups -OCH3 is 1. The van der Waals surface area contributed by atoms with Crippen molar-refractivity contribution < 1.29 is 31.1 Å². The Morgan fingerprint density at radius 3 is 2.32 bits per heavy atom. The molecule has 0 aliphatic carbocycles. The predicted molar refractivity (Wildman–Crippen MR) is 172 cm³/mol. The largest absolute Gasteiger partial charge is 0.469 e. The molecule has 47 heavy (non-hydrogen) atoms. The highest BCUT2D eigenvalue weighted by Crippen LogP contribution is 2.41. The number of halogens is 3. The Hall–Kier alpha value is -5.15. The number of hydrogen-bond donors (Lipinski definition) is 1. The number of carbonyl (C=O) groups is 1. The Kier molecular flexibility index (Phi) is 8.88. The van der Waals surface area contributed by atoms with Crippen molar-refractivity contribution in [3.63, 3.8) is 0 Å². The average Bonchev–Trinajstić information content (AvgIpc) is 3.41. The molecule has 0 saturated heterocycles. The predicted octanol–water partition coefficient (Wildman–Crippen LogP) is 7.59. The van der Waals surface area contributed by atoms with Crippen LogP contribution < -0.4 is 5.32 Å². The van der Waals surface area contributed by atoms with Gasteiger partial charge in [0.25, 0.3) is 10.0 Å². The second kappa shape index (κ2) is 12.6. The maximum atomic E-state index is 16.5. The average molecular weight is 661 g/mol. The summed E-state index contributed by atoms with van der Waals surface area (Å²) in [5, 5.41) is 13.2. The molecule has 1 unspecified atom stereocenters. The molecule has 8 nitrogen and oxygen atoms in total. The Bertz CT molecular complexity index is 2150. The number of rotatable bonds is 8. The quantitative estimate of drug-likeness (QED) is 0.171. The summed E-state index contributed by atoms with van der Waals surface area (Å²) < 4.78 is 80.2. The van der Waals surface area contributed by atoms with Crippen molar-refractivity contribution in [2.75, 3.05) is 12.4 Å². The molecule has 242 valence electrons. The molecule has 0 amide bonds. The first-order valence-corrected chi connectivity index (χ1v) is 16.0. The highest BCUT2D eigenvalue weighted by atomic mass is 32.2. The van der Waals surface area contributed by atoms with Crippen molar-refractivity contribution in [2.45, 2.75) is 45.1 Å². The molecule has 2 heterocycles. The van der Waals surface area contributed by atoms with Crippen LogP contribution in [0.1, 0.15) is 38.3 Å². The summed E-state index contributed by atoms with van der Waals surface area (Å²) in [4.78, 5) is 16.6. The number of aryl methyl sites for hydroxylation is 1. The molecule has 5 aromatic rings. The van der Waals surface area contributed by atoms with E-state index in [2.05, 4.69) is 10.3 Å². The Labute approximate surface area is 270 Å². The molecule has 2 aromatic heterocycles. The van der Waals surface area contributed by atoms with Crippen LogP contribution >= 0.6 is 0 Å². The molecule has 0 saturated carbocycles. The molecular formula is C35H31F3N4O4S. The third kappa shape index (κ3) is 6.31. The summed E-state index contributed by atoms with van der Waals surface area (Å²) in [6, 6.07) is 16.8. The van der Waals surface area contributed by atoms with E-state index >= 15 is 8.78 Å². The van der Waals surface area contributed by atoms with Gasteiger partial charge in [-0.25, -0.2) is 30.5 Å². The molecular weight excluding hydrogens is 629 g/mol. The van der Waals surface area contributed by atoms with Gasteiger partial charge < -0.3 is 10.1 Å². The van der Waals surface area contributed by atoms with Gasteiger partial charge in [0.15, 0.2) is 17.5 Å². The Morgan fingerprint density at radius 2 is 1.72 bits per heavy atom. The number of nitrogens with one attached hydrogen (secondary N) is 1. The Morgan fingerprint density at radius 1 is 1.06 bits per heavy atom. The van der Waals surface area contributed by atoms with Gasteiger partial charge in [-0.15, -0.1) is 0 Å². The van der Waals surface area contributed by atoms with E-state index < -0.39 is 50.4 Å². The van der Waals surface area contributed by atoms with Crippen LogP contribution in [0.2, 0.25) is 0 Å². The molecule has 0 radical (unpaired) electrons. The number of ether oxygens (including phenoxy) is 1. The first-order valence-electron chi connectivity index (χ1n) is 14.5. The highest BCUT2D eigenvalue weighted by molar-refractivity contribution is 7.90. The lowest BCUT2D eigenvalue weighted by Crippen LogP contribution is -2.37. The zero-order valence-corrected chi connectivity index (χ0v) is 27.0. The van der Waals surface area contributed by atoms with Gasteiger partial charge in [-0.1, -0.05) is 68.8 Å². The van der Waals surface area contributed by atoms with Gasteiger partial charge in [0, 0.05) is 34.8 Å². The third-order valence-corrected chi connectivity index (χ3v) is 9.56. The topological polar surface area (TPSA) is 114 Å². The minimum atomic E-state index is -4.46. The maximum Gasteiger partial charge on any atom is 0.307 e. The van der Waals surface area contributed by atoms with Crippen LogP contribution in [-0.2, 0) is 19.6 Å². The normalized spacial score (nSPS) is 12.5. The lowest BCUT2D eigenvalue weighted by molar-refractivity contribution is -0.141. The van der Waals surface area contributed by atoms with E-state index in [1.165, 1.54) is 19.2 Å². The van der Waals surface area contributed by atoms with E-state index in [4.69, 9.17) is 4.74 Å². The zero-order valence-electron chi connectivity index (χ0n) is 26.2. The first-order chi connectivity index (χ1) is 22.2. The molecule has 0 fully saturated rings. The zero-order chi connectivity index (χ0) is 34.3. The monoisotopic (exact) mass is 660 g/mol. The highest BCUT2D eigenvalue weighted by Gasteiger charge is 2.32. The van der Waals surface area contributed by atoms with Crippen molar-refractivity contribution >= 4 is 32.7 Å². The standard InChI is InChI=1S/C35H31F3N4O4S/c1-20-11-13-23(14-12-20)47(44,45)42-19-26(24-15-22(36)16-27(37)33(24)42)32-25(18-39)30(21-9-7-6-8-10-21)31(38)34(41-32)40-28(35(2,3)4)17-29(43)46-5/h6-16,19,28H,17H2,1-5H3,(H,40,41). The van der Waals surface area contributed by atoms with Crippen LogP contribution in [0.15, 0.2) is 77.8 Å². The van der Waals surface area contributed by atoms with Gasteiger partial charge in [0.2, 0.25) is 0 Å². The number of fused-ring (bicyclic) bond motifs is 1. The number of aromatic nitrogens is 2. The van der Waals surface area contributed by atoms with Crippen molar-refractivity contribution in [3.8, 4) is 28.5 Å². The molecule has 1 N–H and O–H groups in total. The van der Waals surface area contributed by atoms with Gasteiger partial charge in [-0.2, -0.15) is 5.26 Å². The van der Waals surface area contributed by atoms with Gasteiger partial charge >= 0.3 is 5.97 Å². The Balaban J connectivity index is 1.87. The first kappa shape index (κ1) is 33.2. The summed E-state index contributed by atoms with van der Waals surface area (Å²) in [6.45, 7) is 7.24. The van der Waals surface area contributed by atoms with E-state index in [0.717, 1.165) is 17.8 Å². The minimum Gasteiger partial charge on any atom is -0.469 e. The maximum absolute atomic E-state index is 16.5. The fourth-order valence-corrected chi connectivity index (χ4v) is 6.65. The fraction of sp³-hybridized carbons (Fsp3) is 0.229. The second-order valence-electron chi connectivity index (χ2n) is 12.1. The molecule has 12 heteroatoms. The van der Waals surface area contributed by atoms with E-state index in [9.17, 15) is 22.9 Å². The third-order valence-electron chi connectivity index (χ3n) is 7.88. The number of nitrogens with zero attached hydrogens (tertiary/aromatic N) is 3. The summed E-state index contributed by atoms with van der Waals surface area (Å²) in [5.41, 5.74) is -0.860. The van der Waals surface area contributed by atoms with E-state index in [-0.39, 0.29) is 44.9 Å². The number of hydrogen-bond acceptors (Lipinski definition) is 7. The van der Waals surface area contributed by atoms with Gasteiger partial charge in [-0.3, -0.25) is 4.79 Å². The summed E-state index contributed by atoms with van der Waals surface area (Å²) >= 11 is 0. The van der Waals surface area contributed by atoms with E-state index in [0.29, 0.717) is 15.6 Å². The lowest BCUT2D eigenvalue weighted by atomic mass is 9.84. The molecule has 0 spiro atoms. The van der Waals surface area contributed by atoms with E-state index in [1.807, 2.05) is 26.8 Å². The molecule has 3 aromatic carbocycles. The van der Waals surface area contributed by atoms with E-state index in [1.54, 1.807) is 49.4 Å². The van der Waals surface area contributed by atoms with Gasteiger partial charge in [0.05, 0.1) is 29.7 Å². The lowest BCUT2D eigenvalue weighted by Gasteiger charge is -2.31. The smallest absolute Gasteiger partial charge is 0.307 e. The van der Waals surface area contributed by atoms with Crippen molar-refractivity contribution in [1.82, 2.24) is 8.96 Å². The molecule has 0 aliphatic rings. The molecule has 5 rings (SSSR count). The number of carbonyl (C=O) groups excluding carboxylic acids is 1. The fourth-order valence-electron chi connectivity index (χ4n) is 5.28. The van der Waals surface area contributed by atoms with Crippen LogP contribution in [-0.4, -0.2) is 36.5 Å². The van der Waals surface area contributed by atoms with Crippen LogP contribution in [0.4, 0.5) is 19.0 Å². The SMILES string of the molecule is COC(=O)CC(Nc1nc(-c2cn(S(=O)(=O)c3ccc(C)cc3)c3c(F)cc(F)cc23)c(C#N)c(-c2ccccc2)c1F)C(C)(C)C. The van der Waals surface area contributed by atoms with Crippen molar-refractivity contribution in [2.24, 2.45) is 5.41 Å². The molecule has 0 aliphatic heterocycles. The molecule has 0 bridgehead atoms. The molecule has 1 atom stereocenters. The van der Waals surface area contributed by atoms with Crippen LogP contribution in [0.5, 0.6) is 0 Å². The van der Waals surface area contributed by atoms with Crippen LogP contribution in [0.3, 0.4) is 0 Å². The summed E-state index contributed by atoms with van der Waals surface area (Å²) in [5.74, 6) is -4.01. The van der Waals surface area contributed by atoms with Gasteiger partial charge in [-0.05, 0) is 36.1 Å². The number of pyridine rings is 1. The number of benzene rings is 3. The van der Waals surface area contributed by atoms with Crippen LogP contribution in [0, 0.1) is 41.1 Å². The number of esters is 1. The number of anilines is 1. The summed E-state index contributed by atoms with van der Waals surface area (Å²) in [7, 11) is -3.23. The van der Waals surface area contributed by atoms with Crippen molar-refractivity contribution in [3.05, 3.63) is 102 Å². The van der Waals surface area contributed by atoms with Gasteiger partial charge in [0.1, 0.15) is 17.4 Å². The number of nitriles is 1. The minimum absolute atomic E-state index is 0.133. The van der Waals surface area contributed by atoms with Crippen LogP contribution in [0.25, 0.3) is 33.3 Å². The summed E-state index contributed by atoms with van der Waals surface area (Å²) in [6.07, 6.45) is 0.888. The van der Waals surface area contributed by atoms with Crippen molar-refractivity contribution in [1.29, 1.82) is 5.26 Å².